The van der Waals surface area contributed by atoms with Gasteiger partial charge in [0.2, 0.25) is 5.91 Å². The molecule has 3 aliphatic rings. The number of methoxy groups -OCH3 is 1. The summed E-state index contributed by atoms with van der Waals surface area (Å²) in [6.45, 7) is 2.48. The maximum absolute atomic E-state index is 12.9. The van der Waals surface area contributed by atoms with Crippen molar-refractivity contribution < 1.29 is 19.1 Å². The van der Waals surface area contributed by atoms with Crippen LogP contribution in [0.15, 0.2) is 35.9 Å². The lowest BCUT2D eigenvalue weighted by Crippen LogP contribution is -2.59. The van der Waals surface area contributed by atoms with Crippen LogP contribution in [-0.4, -0.2) is 36.2 Å². The molecule has 25 heavy (non-hydrogen) atoms. The van der Waals surface area contributed by atoms with Gasteiger partial charge in [-0.05, 0) is 35.6 Å². The van der Waals surface area contributed by atoms with Crippen LogP contribution in [0.4, 0.5) is 0 Å². The van der Waals surface area contributed by atoms with Crippen molar-refractivity contribution in [2.75, 3.05) is 13.7 Å². The molecule has 4 rings (SSSR count). The van der Waals surface area contributed by atoms with Gasteiger partial charge in [-0.2, -0.15) is 0 Å². The Hall–Kier alpha value is -2.43. The summed E-state index contributed by atoms with van der Waals surface area (Å²) in [5.74, 6) is -0.614. The first-order valence-corrected chi connectivity index (χ1v) is 8.72. The summed E-state index contributed by atoms with van der Waals surface area (Å²) in [7, 11) is 1.33. The molecule has 0 N–H and O–H groups in total. The van der Waals surface area contributed by atoms with Gasteiger partial charge < -0.3 is 9.64 Å². The van der Waals surface area contributed by atoms with E-state index in [1.807, 2.05) is 37.3 Å². The fourth-order valence-corrected chi connectivity index (χ4v) is 5.00. The third kappa shape index (κ3) is 1.81. The van der Waals surface area contributed by atoms with E-state index in [-0.39, 0.29) is 24.5 Å². The highest BCUT2D eigenvalue weighted by molar-refractivity contribution is 6.05. The van der Waals surface area contributed by atoms with E-state index in [0.717, 1.165) is 17.5 Å². The number of allylic oxidation sites excluding steroid dienone is 1. The molecule has 2 atom stereocenters. The summed E-state index contributed by atoms with van der Waals surface area (Å²) in [6.07, 6.45) is 3.27. The van der Waals surface area contributed by atoms with E-state index in [2.05, 4.69) is 0 Å². The molecule has 1 spiro atoms. The van der Waals surface area contributed by atoms with Crippen LogP contribution in [0, 0.1) is 5.41 Å². The van der Waals surface area contributed by atoms with Crippen molar-refractivity contribution >= 4 is 17.7 Å². The molecule has 2 unspecified atom stereocenters. The van der Waals surface area contributed by atoms with Gasteiger partial charge in [-0.15, -0.1) is 0 Å². The van der Waals surface area contributed by atoms with E-state index < -0.39 is 16.9 Å². The molecule has 1 amide bonds. The molecule has 1 saturated heterocycles. The lowest BCUT2D eigenvalue weighted by molar-refractivity contribution is -0.161. The molecule has 2 aliphatic heterocycles. The number of carbonyl (C=O) groups is 3. The van der Waals surface area contributed by atoms with Crippen LogP contribution in [0.1, 0.15) is 37.3 Å². The van der Waals surface area contributed by atoms with Crippen LogP contribution in [0.25, 0.3) is 0 Å². The number of carbonyl (C=O) groups excluding carboxylic acids is 3. The quantitative estimate of drug-likeness (QED) is 0.775. The number of ether oxygens (including phenoxy) is 1. The van der Waals surface area contributed by atoms with Crippen molar-refractivity contribution in [2.24, 2.45) is 5.41 Å². The second-order valence-corrected chi connectivity index (χ2v) is 7.09. The number of fused-ring (bicyclic) bond motifs is 1. The Morgan fingerprint density at radius 3 is 2.72 bits per heavy atom. The van der Waals surface area contributed by atoms with Gasteiger partial charge in [-0.25, -0.2) is 0 Å². The predicted octanol–water partition coefficient (Wildman–Crippen LogP) is 2.14. The Labute approximate surface area is 146 Å². The fraction of sp³-hybridized carbons (Fsp3) is 0.450. The number of nitrogens with zero attached hydrogens (tertiary/aromatic N) is 1. The number of Topliss-reactive ketones (excluding diaryl/α,β-unsaturated/α-hetero) is 1. The number of esters is 1. The minimum Gasteiger partial charge on any atom is -0.468 e. The normalized spacial score (nSPS) is 30.3. The summed E-state index contributed by atoms with van der Waals surface area (Å²) < 4.78 is 5.12. The Morgan fingerprint density at radius 2 is 2.00 bits per heavy atom. The smallest absolute Gasteiger partial charge is 0.315 e. The van der Waals surface area contributed by atoms with Gasteiger partial charge in [0.1, 0.15) is 11.0 Å². The van der Waals surface area contributed by atoms with Crippen molar-refractivity contribution in [3.8, 4) is 0 Å². The van der Waals surface area contributed by atoms with Gasteiger partial charge in [-0.3, -0.25) is 14.4 Å². The maximum atomic E-state index is 12.9. The highest BCUT2D eigenvalue weighted by Gasteiger charge is 2.70. The lowest BCUT2D eigenvalue weighted by atomic mass is 9.58. The van der Waals surface area contributed by atoms with Crippen molar-refractivity contribution in [2.45, 2.75) is 38.1 Å². The number of hydrogen-bond acceptors (Lipinski definition) is 4. The molecule has 1 aromatic rings. The SMILES string of the molecule is CCC1=CC23c4ccccc4CCN2C(=O)CC3(C(=O)OC)CC1=O. The van der Waals surface area contributed by atoms with Crippen LogP contribution in [0.2, 0.25) is 0 Å². The van der Waals surface area contributed by atoms with Crippen molar-refractivity contribution in [1.82, 2.24) is 4.90 Å². The average molecular weight is 339 g/mol. The summed E-state index contributed by atoms with van der Waals surface area (Å²) in [5, 5.41) is 0. The largest absolute Gasteiger partial charge is 0.468 e. The van der Waals surface area contributed by atoms with Gasteiger partial charge in [0.15, 0.2) is 5.78 Å². The van der Waals surface area contributed by atoms with E-state index in [9.17, 15) is 14.4 Å². The molecule has 5 nitrogen and oxygen atoms in total. The monoisotopic (exact) mass is 339 g/mol. The predicted molar refractivity (Wildman–Crippen MR) is 90.6 cm³/mol. The molecule has 0 saturated carbocycles. The third-order valence-electron chi connectivity index (χ3n) is 6.10. The second kappa shape index (κ2) is 5.28. The van der Waals surface area contributed by atoms with Crippen molar-refractivity contribution in [3.63, 3.8) is 0 Å². The topological polar surface area (TPSA) is 63.7 Å². The minimum atomic E-state index is -1.18. The highest BCUT2D eigenvalue weighted by Crippen LogP contribution is 2.61. The molecule has 2 heterocycles. The number of benzene rings is 1. The average Bonchev–Trinajstić information content (AvgIpc) is 2.89. The zero-order valence-corrected chi connectivity index (χ0v) is 14.5. The standard InChI is InChI=1S/C20H21NO4/c1-3-13-10-20-15-7-5-4-6-14(15)8-9-21(20)17(23)12-19(20,11-16(13)22)18(24)25-2/h4-7,10H,3,8-9,11-12H2,1-2H3. The zero-order chi connectivity index (χ0) is 17.8. The number of rotatable bonds is 2. The number of hydrogen-bond donors (Lipinski definition) is 0. The van der Waals surface area contributed by atoms with Gasteiger partial charge in [0, 0.05) is 19.4 Å². The number of ketones is 1. The van der Waals surface area contributed by atoms with Gasteiger partial charge in [0.25, 0.3) is 0 Å². The maximum Gasteiger partial charge on any atom is 0.315 e. The van der Waals surface area contributed by atoms with E-state index >= 15 is 0 Å². The number of amides is 1. The molecular formula is C20H21NO4. The Kier molecular flexibility index (Phi) is 3.39. The Balaban J connectivity index is 2.09. The summed E-state index contributed by atoms with van der Waals surface area (Å²) in [5.41, 5.74) is 0.686. The first-order chi connectivity index (χ1) is 12.0. The van der Waals surface area contributed by atoms with Gasteiger partial charge in [-0.1, -0.05) is 31.2 Å². The highest BCUT2D eigenvalue weighted by atomic mass is 16.5. The van der Waals surface area contributed by atoms with Crippen LogP contribution < -0.4 is 0 Å². The molecule has 0 bridgehead atoms. The van der Waals surface area contributed by atoms with Crippen molar-refractivity contribution in [1.29, 1.82) is 0 Å². The van der Waals surface area contributed by atoms with E-state index in [1.165, 1.54) is 7.11 Å². The lowest BCUT2D eigenvalue weighted by Gasteiger charge is -2.51. The Bertz CT molecular complexity index is 827. The van der Waals surface area contributed by atoms with Gasteiger partial charge in [0.05, 0.1) is 7.11 Å². The minimum absolute atomic E-state index is 0.0211. The molecule has 0 aromatic heterocycles. The molecule has 5 heteroatoms. The first-order valence-electron chi connectivity index (χ1n) is 8.72. The molecular weight excluding hydrogens is 318 g/mol. The van der Waals surface area contributed by atoms with Crippen molar-refractivity contribution in [3.05, 3.63) is 47.0 Å². The second-order valence-electron chi connectivity index (χ2n) is 7.09. The summed E-state index contributed by atoms with van der Waals surface area (Å²) >= 11 is 0. The molecule has 1 aromatic carbocycles. The van der Waals surface area contributed by atoms with Gasteiger partial charge >= 0.3 is 5.97 Å². The molecule has 130 valence electrons. The van der Waals surface area contributed by atoms with Crippen LogP contribution in [0.3, 0.4) is 0 Å². The van der Waals surface area contributed by atoms with Crippen LogP contribution in [-0.2, 0) is 31.1 Å². The summed E-state index contributed by atoms with van der Waals surface area (Å²) in [6, 6.07) is 7.93. The molecule has 1 fully saturated rings. The summed E-state index contributed by atoms with van der Waals surface area (Å²) in [4.78, 5) is 40.3. The fourth-order valence-electron chi connectivity index (χ4n) is 5.00. The molecule has 0 radical (unpaired) electrons. The first kappa shape index (κ1) is 16.1. The third-order valence-corrected chi connectivity index (χ3v) is 6.10. The van der Waals surface area contributed by atoms with Crippen LogP contribution in [0.5, 0.6) is 0 Å². The molecule has 1 aliphatic carbocycles. The zero-order valence-electron chi connectivity index (χ0n) is 14.5. The van der Waals surface area contributed by atoms with E-state index in [0.29, 0.717) is 18.5 Å². The van der Waals surface area contributed by atoms with E-state index in [1.54, 1.807) is 4.90 Å². The van der Waals surface area contributed by atoms with Crippen LogP contribution >= 0.6 is 0 Å². The van der Waals surface area contributed by atoms with E-state index in [4.69, 9.17) is 4.74 Å². The Morgan fingerprint density at radius 1 is 1.24 bits per heavy atom.